The molecule has 0 spiro atoms. The number of aromatic nitrogens is 2. The summed E-state index contributed by atoms with van der Waals surface area (Å²) in [6.07, 6.45) is 0. The summed E-state index contributed by atoms with van der Waals surface area (Å²) < 4.78 is 13.0. The minimum atomic E-state index is -0.953. The van der Waals surface area contributed by atoms with Crippen molar-refractivity contribution in [1.82, 2.24) is 9.97 Å². The number of carbonyl (C=O) groups is 2. The van der Waals surface area contributed by atoms with E-state index in [0.29, 0.717) is 46.0 Å². The third kappa shape index (κ3) is 5.39. The number of fused-ring (bicyclic) bond motifs is 1. The lowest BCUT2D eigenvalue weighted by Crippen LogP contribution is -2.31. The summed E-state index contributed by atoms with van der Waals surface area (Å²) in [7, 11) is 0. The number of benzene rings is 3. The summed E-state index contributed by atoms with van der Waals surface area (Å²) >= 11 is 2.57. The van der Waals surface area contributed by atoms with Gasteiger partial charge >= 0.3 is 0 Å². The van der Waals surface area contributed by atoms with E-state index in [1.165, 1.54) is 27.6 Å². The molecule has 0 saturated carbocycles. The Balaban J connectivity index is 1.46. The summed E-state index contributed by atoms with van der Waals surface area (Å²) in [5, 5.41) is 12.4. The number of thiazole rings is 2. The number of aryl methyl sites for hydroxylation is 3. The highest BCUT2D eigenvalue weighted by atomic mass is 32.1. The van der Waals surface area contributed by atoms with Gasteiger partial charge in [-0.3, -0.25) is 14.5 Å². The Kier molecular flexibility index (Phi) is 7.72. The first-order valence-corrected chi connectivity index (χ1v) is 15.4. The van der Waals surface area contributed by atoms with Gasteiger partial charge in [-0.1, -0.05) is 53.8 Å². The predicted octanol–water partition coefficient (Wildman–Crippen LogP) is 7.44. The van der Waals surface area contributed by atoms with Crippen LogP contribution in [0.3, 0.4) is 0 Å². The second-order valence-electron chi connectivity index (χ2n) is 10.2. The van der Waals surface area contributed by atoms with Crippen molar-refractivity contribution in [2.45, 2.75) is 40.3 Å². The van der Waals surface area contributed by atoms with Crippen LogP contribution in [-0.4, -0.2) is 33.4 Å². The molecule has 8 nitrogen and oxygen atoms in total. The molecule has 3 heterocycles. The van der Waals surface area contributed by atoms with Crippen molar-refractivity contribution in [1.29, 1.82) is 0 Å². The molecule has 5 aromatic rings. The molecule has 3 aromatic carbocycles. The maximum absolute atomic E-state index is 14.1. The highest BCUT2D eigenvalue weighted by Crippen LogP contribution is 2.46. The van der Waals surface area contributed by atoms with Crippen molar-refractivity contribution in [3.8, 4) is 11.5 Å². The molecule has 0 fully saturated rings. The van der Waals surface area contributed by atoms with E-state index in [2.05, 4.69) is 4.98 Å². The largest absolute Gasteiger partial charge is 0.503 e. The SMILES string of the molecule is CCOc1cc(C2C(C(=O)c3sc(C)nc3C)=C(O)C(=O)N2c2nc3ccc(C)cc3s2)ccc1OCc1ccccc1. The van der Waals surface area contributed by atoms with Crippen LogP contribution in [0.5, 0.6) is 11.5 Å². The molecule has 2 aromatic heterocycles. The number of amides is 1. The van der Waals surface area contributed by atoms with E-state index < -0.39 is 23.5 Å². The minimum Gasteiger partial charge on any atom is -0.503 e. The van der Waals surface area contributed by atoms with Crippen LogP contribution < -0.4 is 14.4 Å². The third-order valence-corrected chi connectivity index (χ3v) is 9.21. The van der Waals surface area contributed by atoms with Crippen LogP contribution in [0.25, 0.3) is 10.2 Å². The predicted molar refractivity (Wildman–Crippen MR) is 169 cm³/mol. The number of carbonyl (C=O) groups excluding carboxylic acids is 2. The molecule has 1 unspecified atom stereocenters. The molecule has 0 bridgehead atoms. The number of ether oxygens (including phenoxy) is 2. The Labute approximate surface area is 256 Å². The van der Waals surface area contributed by atoms with Crippen molar-refractivity contribution >= 4 is 49.7 Å². The van der Waals surface area contributed by atoms with Gasteiger partial charge in [0.25, 0.3) is 5.91 Å². The third-order valence-electron chi connectivity index (χ3n) is 7.12. The van der Waals surface area contributed by atoms with E-state index in [-0.39, 0.29) is 5.57 Å². The fraction of sp³-hybridized carbons (Fsp3) is 0.212. The maximum atomic E-state index is 14.1. The summed E-state index contributed by atoms with van der Waals surface area (Å²) in [6, 6.07) is 20.0. The fourth-order valence-corrected chi connectivity index (χ4v) is 7.12. The molecule has 0 aliphatic carbocycles. The van der Waals surface area contributed by atoms with E-state index in [4.69, 9.17) is 14.5 Å². The van der Waals surface area contributed by atoms with Crippen LogP contribution in [-0.2, 0) is 11.4 Å². The van der Waals surface area contributed by atoms with Crippen LogP contribution in [0.4, 0.5) is 5.13 Å². The summed E-state index contributed by atoms with van der Waals surface area (Å²) in [5.41, 5.74) is 3.90. The zero-order valence-electron chi connectivity index (χ0n) is 24.1. The first kappa shape index (κ1) is 28.6. The summed E-state index contributed by atoms with van der Waals surface area (Å²) in [5.74, 6) is -0.744. The first-order chi connectivity index (χ1) is 20.7. The van der Waals surface area contributed by atoms with Crippen molar-refractivity contribution in [3.05, 3.63) is 110 Å². The quantitative estimate of drug-likeness (QED) is 0.173. The van der Waals surface area contributed by atoms with Crippen molar-refractivity contribution in [2.24, 2.45) is 0 Å². The summed E-state index contributed by atoms with van der Waals surface area (Å²) in [6.45, 7) is 8.15. The van der Waals surface area contributed by atoms with Crippen LogP contribution in [0.1, 0.15) is 50.0 Å². The standard InChI is InChI=1S/C33H29N3O5S2/c1-5-40-25-16-22(12-14-24(25)41-17-21-9-7-6-8-10-21)28-27(29(37)31-19(3)34-20(4)42-31)30(38)32(39)36(28)33-35-23-13-11-18(2)15-26(23)43-33/h6-16,28,38H,5,17H2,1-4H3. The highest BCUT2D eigenvalue weighted by molar-refractivity contribution is 7.22. The van der Waals surface area contributed by atoms with Crippen molar-refractivity contribution in [3.63, 3.8) is 0 Å². The van der Waals surface area contributed by atoms with Gasteiger partial charge in [0.15, 0.2) is 22.4 Å². The van der Waals surface area contributed by atoms with E-state index in [9.17, 15) is 14.7 Å². The Hall–Kier alpha value is -4.54. The number of Topliss-reactive ketones (excluding diaryl/α,β-unsaturated/α-hetero) is 1. The van der Waals surface area contributed by atoms with E-state index in [0.717, 1.165) is 26.4 Å². The fourth-order valence-electron chi connectivity index (χ4n) is 5.15. The number of hydrogen-bond donors (Lipinski definition) is 1. The minimum absolute atomic E-state index is 0.0208. The van der Waals surface area contributed by atoms with Crippen LogP contribution in [0.2, 0.25) is 0 Å². The van der Waals surface area contributed by atoms with Gasteiger partial charge in [-0.2, -0.15) is 0 Å². The number of nitrogens with zero attached hydrogens (tertiary/aromatic N) is 3. The number of anilines is 1. The van der Waals surface area contributed by atoms with Crippen molar-refractivity contribution < 1.29 is 24.2 Å². The number of aliphatic hydroxyl groups is 1. The Morgan fingerprint density at radius 3 is 2.47 bits per heavy atom. The average molecular weight is 612 g/mol. The van der Waals surface area contributed by atoms with Gasteiger partial charge in [-0.15, -0.1) is 11.3 Å². The molecule has 0 saturated heterocycles. The van der Waals surface area contributed by atoms with Crippen LogP contribution >= 0.6 is 22.7 Å². The molecule has 1 amide bonds. The first-order valence-electron chi connectivity index (χ1n) is 13.8. The molecule has 1 N–H and O–H groups in total. The lowest BCUT2D eigenvalue weighted by molar-refractivity contribution is -0.117. The highest BCUT2D eigenvalue weighted by Gasteiger charge is 2.46. The zero-order chi connectivity index (χ0) is 30.2. The number of ketones is 1. The van der Waals surface area contributed by atoms with E-state index in [1.807, 2.05) is 69.3 Å². The molecule has 6 rings (SSSR count). The van der Waals surface area contributed by atoms with Gasteiger partial charge in [0.2, 0.25) is 5.78 Å². The lowest BCUT2D eigenvalue weighted by Gasteiger charge is -2.25. The number of hydrogen-bond acceptors (Lipinski definition) is 9. The maximum Gasteiger partial charge on any atom is 0.296 e. The smallest absolute Gasteiger partial charge is 0.296 e. The monoisotopic (exact) mass is 611 g/mol. The van der Waals surface area contributed by atoms with E-state index >= 15 is 0 Å². The van der Waals surface area contributed by atoms with Crippen LogP contribution in [0, 0.1) is 20.8 Å². The van der Waals surface area contributed by atoms with E-state index in [1.54, 1.807) is 25.1 Å². The molecule has 10 heteroatoms. The zero-order valence-corrected chi connectivity index (χ0v) is 25.7. The second kappa shape index (κ2) is 11.6. The van der Waals surface area contributed by atoms with Crippen molar-refractivity contribution in [2.75, 3.05) is 11.5 Å². The second-order valence-corrected chi connectivity index (χ2v) is 12.4. The molecule has 1 atom stereocenters. The Morgan fingerprint density at radius 1 is 0.953 bits per heavy atom. The molecular formula is C33H29N3O5S2. The van der Waals surface area contributed by atoms with Gasteiger partial charge in [-0.25, -0.2) is 9.97 Å². The number of rotatable bonds is 9. The van der Waals surface area contributed by atoms with Gasteiger partial charge in [0.1, 0.15) is 6.61 Å². The van der Waals surface area contributed by atoms with Crippen LogP contribution in [0.15, 0.2) is 78.1 Å². The molecule has 1 aliphatic rings. The molecule has 0 radical (unpaired) electrons. The lowest BCUT2D eigenvalue weighted by atomic mass is 9.95. The normalized spacial score (nSPS) is 15.0. The number of aliphatic hydroxyl groups excluding tert-OH is 1. The summed E-state index contributed by atoms with van der Waals surface area (Å²) in [4.78, 5) is 38.7. The molecule has 1 aliphatic heterocycles. The Bertz CT molecular complexity index is 1890. The molecule has 43 heavy (non-hydrogen) atoms. The molecule has 218 valence electrons. The van der Waals surface area contributed by atoms with Gasteiger partial charge < -0.3 is 14.6 Å². The molecular weight excluding hydrogens is 583 g/mol. The average Bonchev–Trinajstić information content (AvgIpc) is 3.64. The van der Waals surface area contributed by atoms with Gasteiger partial charge in [0, 0.05) is 0 Å². The van der Waals surface area contributed by atoms with Gasteiger partial charge in [-0.05, 0) is 68.7 Å². The van der Waals surface area contributed by atoms with Gasteiger partial charge in [0.05, 0.1) is 44.0 Å². The topological polar surface area (TPSA) is 102 Å². The Morgan fingerprint density at radius 2 is 1.74 bits per heavy atom.